The lowest BCUT2D eigenvalue weighted by molar-refractivity contribution is -0.117. The lowest BCUT2D eigenvalue weighted by Gasteiger charge is -2.05. The van der Waals surface area contributed by atoms with Gasteiger partial charge in [0.15, 0.2) is 0 Å². The van der Waals surface area contributed by atoms with Gasteiger partial charge in [0, 0.05) is 6.54 Å². The fraction of sp³-hybridized carbons (Fsp3) is 0.222. The maximum atomic E-state index is 10.4. The molecule has 3 nitrogen and oxygen atoms in total. The third-order valence-electron chi connectivity index (χ3n) is 1.65. The molecule has 0 saturated carbocycles. The molecule has 0 atom stereocenters. The highest BCUT2D eigenvalue weighted by atomic mass is 35.5. The van der Waals surface area contributed by atoms with E-state index in [-0.39, 0.29) is 6.54 Å². The van der Waals surface area contributed by atoms with Crippen LogP contribution in [-0.2, 0) is 11.3 Å². The van der Waals surface area contributed by atoms with Gasteiger partial charge in [0.05, 0.1) is 16.6 Å². The summed E-state index contributed by atoms with van der Waals surface area (Å²) in [5, 5.41) is 3.86. The number of amides is 1. The topological polar surface area (TPSA) is 55.1 Å². The average Bonchev–Trinajstić information content (AvgIpc) is 2.12. The van der Waals surface area contributed by atoms with Gasteiger partial charge in [-0.3, -0.25) is 4.79 Å². The highest BCUT2D eigenvalue weighted by Crippen LogP contribution is 2.25. The summed E-state index contributed by atoms with van der Waals surface area (Å²) in [6.07, 6.45) is 0. The van der Waals surface area contributed by atoms with E-state index in [1.54, 1.807) is 12.1 Å². The van der Waals surface area contributed by atoms with Gasteiger partial charge in [0.25, 0.3) is 0 Å². The van der Waals surface area contributed by atoms with Crippen molar-refractivity contribution >= 4 is 29.1 Å². The van der Waals surface area contributed by atoms with Crippen molar-refractivity contribution in [2.45, 2.75) is 6.54 Å². The number of hydrogen-bond donors (Lipinski definition) is 2. The van der Waals surface area contributed by atoms with Crippen LogP contribution in [0.5, 0.6) is 0 Å². The minimum atomic E-state index is -0.400. The third kappa shape index (κ3) is 3.18. The maximum Gasteiger partial charge on any atom is 0.231 e. The zero-order valence-electron chi connectivity index (χ0n) is 7.39. The van der Waals surface area contributed by atoms with Gasteiger partial charge in [-0.1, -0.05) is 35.3 Å². The molecule has 0 aliphatic heterocycles. The number of carbonyl (C=O) groups is 1. The Balaban J connectivity index is 2.59. The molecule has 0 saturated heterocycles. The van der Waals surface area contributed by atoms with Crippen LogP contribution in [-0.4, -0.2) is 12.5 Å². The van der Waals surface area contributed by atoms with E-state index in [1.165, 1.54) is 0 Å². The van der Waals surface area contributed by atoms with E-state index in [4.69, 9.17) is 28.9 Å². The average molecular weight is 233 g/mol. The van der Waals surface area contributed by atoms with Crippen LogP contribution in [0, 0.1) is 0 Å². The Morgan fingerprint density at radius 2 is 2.14 bits per heavy atom. The Bertz CT molecular complexity index is 342. The zero-order chi connectivity index (χ0) is 10.6. The van der Waals surface area contributed by atoms with E-state index in [2.05, 4.69) is 5.32 Å². The largest absolute Gasteiger partial charge is 0.369 e. The summed E-state index contributed by atoms with van der Waals surface area (Å²) in [5.74, 6) is -0.400. The molecule has 0 fully saturated rings. The van der Waals surface area contributed by atoms with Crippen LogP contribution >= 0.6 is 23.2 Å². The van der Waals surface area contributed by atoms with E-state index < -0.39 is 5.91 Å². The van der Waals surface area contributed by atoms with E-state index in [0.717, 1.165) is 5.56 Å². The van der Waals surface area contributed by atoms with Gasteiger partial charge >= 0.3 is 0 Å². The number of rotatable bonds is 4. The van der Waals surface area contributed by atoms with Crippen LogP contribution in [0.15, 0.2) is 18.2 Å². The quantitative estimate of drug-likeness (QED) is 0.829. The van der Waals surface area contributed by atoms with Crippen molar-refractivity contribution in [3.05, 3.63) is 33.8 Å². The monoisotopic (exact) mass is 232 g/mol. The standard InChI is InChI=1S/C9H10Cl2N2O/c10-7-3-1-2-6(9(7)11)4-13-5-8(12)14/h1-3,13H,4-5H2,(H2,12,14). The molecule has 0 bridgehead atoms. The van der Waals surface area contributed by atoms with Gasteiger partial charge in [-0.05, 0) is 11.6 Å². The third-order valence-corrected chi connectivity index (χ3v) is 2.50. The van der Waals surface area contributed by atoms with Crippen LogP contribution in [0.4, 0.5) is 0 Å². The first-order valence-corrected chi connectivity index (χ1v) is 4.78. The first-order chi connectivity index (χ1) is 6.61. The zero-order valence-corrected chi connectivity index (χ0v) is 8.90. The van der Waals surface area contributed by atoms with Gasteiger partial charge < -0.3 is 11.1 Å². The summed E-state index contributed by atoms with van der Waals surface area (Å²) >= 11 is 11.7. The lowest BCUT2D eigenvalue weighted by Crippen LogP contribution is -2.28. The molecule has 0 aliphatic rings. The second-order valence-corrected chi connectivity index (χ2v) is 3.57. The minimum absolute atomic E-state index is 0.128. The Hall–Kier alpha value is -0.770. The Labute approximate surface area is 92.2 Å². The molecule has 1 aromatic carbocycles. The van der Waals surface area contributed by atoms with Crippen LogP contribution in [0.3, 0.4) is 0 Å². The molecule has 0 heterocycles. The van der Waals surface area contributed by atoms with Crippen LogP contribution < -0.4 is 11.1 Å². The van der Waals surface area contributed by atoms with E-state index in [0.29, 0.717) is 16.6 Å². The molecule has 1 amide bonds. The van der Waals surface area contributed by atoms with E-state index in [9.17, 15) is 4.79 Å². The summed E-state index contributed by atoms with van der Waals surface area (Å²) in [5.41, 5.74) is 5.81. The van der Waals surface area contributed by atoms with Crippen molar-refractivity contribution in [3.8, 4) is 0 Å². The fourth-order valence-corrected chi connectivity index (χ4v) is 1.39. The van der Waals surface area contributed by atoms with Crippen LogP contribution in [0.2, 0.25) is 10.0 Å². The molecule has 0 spiro atoms. The van der Waals surface area contributed by atoms with Crippen molar-refractivity contribution < 1.29 is 4.79 Å². The molecule has 1 rings (SSSR count). The first kappa shape index (κ1) is 11.3. The fourth-order valence-electron chi connectivity index (χ4n) is 1.01. The molecule has 1 aromatic rings. The summed E-state index contributed by atoms with van der Waals surface area (Å²) in [7, 11) is 0. The maximum absolute atomic E-state index is 10.4. The van der Waals surface area contributed by atoms with Crippen molar-refractivity contribution in [2.75, 3.05) is 6.54 Å². The van der Waals surface area contributed by atoms with Gasteiger partial charge in [-0.2, -0.15) is 0 Å². The molecule has 0 aliphatic carbocycles. The lowest BCUT2D eigenvalue weighted by atomic mass is 10.2. The number of hydrogen-bond acceptors (Lipinski definition) is 2. The summed E-state index contributed by atoms with van der Waals surface area (Å²) < 4.78 is 0. The van der Waals surface area contributed by atoms with E-state index in [1.807, 2.05) is 6.07 Å². The smallest absolute Gasteiger partial charge is 0.231 e. The molecule has 76 valence electrons. The van der Waals surface area contributed by atoms with Crippen molar-refractivity contribution in [1.82, 2.24) is 5.32 Å². The molecule has 3 N–H and O–H groups in total. The van der Waals surface area contributed by atoms with Crippen LogP contribution in [0.1, 0.15) is 5.56 Å². The van der Waals surface area contributed by atoms with Crippen molar-refractivity contribution in [2.24, 2.45) is 5.73 Å². The number of nitrogens with one attached hydrogen (secondary N) is 1. The molecule has 14 heavy (non-hydrogen) atoms. The van der Waals surface area contributed by atoms with Crippen molar-refractivity contribution in [1.29, 1.82) is 0 Å². The second kappa shape index (κ2) is 5.20. The highest BCUT2D eigenvalue weighted by Gasteiger charge is 2.03. The number of benzene rings is 1. The number of nitrogens with two attached hydrogens (primary N) is 1. The Morgan fingerprint density at radius 3 is 2.79 bits per heavy atom. The van der Waals surface area contributed by atoms with Gasteiger partial charge in [-0.15, -0.1) is 0 Å². The predicted octanol–water partition coefficient (Wildman–Crippen LogP) is 1.57. The normalized spacial score (nSPS) is 10.1. The van der Waals surface area contributed by atoms with Crippen LogP contribution in [0.25, 0.3) is 0 Å². The second-order valence-electron chi connectivity index (χ2n) is 2.78. The van der Waals surface area contributed by atoms with Gasteiger partial charge in [-0.25, -0.2) is 0 Å². The molecular weight excluding hydrogens is 223 g/mol. The Kier molecular flexibility index (Phi) is 4.20. The molecule has 0 radical (unpaired) electrons. The highest BCUT2D eigenvalue weighted by molar-refractivity contribution is 6.42. The molecule has 0 aromatic heterocycles. The summed E-state index contributed by atoms with van der Waals surface area (Å²) in [6.45, 7) is 0.602. The number of carbonyl (C=O) groups excluding carboxylic acids is 1. The predicted molar refractivity (Wildman–Crippen MR) is 57.4 cm³/mol. The summed E-state index contributed by atoms with van der Waals surface area (Å²) in [6, 6.07) is 5.35. The first-order valence-electron chi connectivity index (χ1n) is 4.03. The van der Waals surface area contributed by atoms with Gasteiger partial charge in [0.2, 0.25) is 5.91 Å². The molecular formula is C9H10Cl2N2O. The number of halogens is 2. The molecule has 5 heteroatoms. The van der Waals surface area contributed by atoms with Crippen molar-refractivity contribution in [3.63, 3.8) is 0 Å². The Morgan fingerprint density at radius 1 is 1.43 bits per heavy atom. The minimum Gasteiger partial charge on any atom is -0.369 e. The summed E-state index contributed by atoms with van der Waals surface area (Å²) in [4.78, 5) is 10.4. The van der Waals surface area contributed by atoms with Gasteiger partial charge in [0.1, 0.15) is 0 Å². The number of primary amides is 1. The SMILES string of the molecule is NC(=O)CNCc1cccc(Cl)c1Cl. The van der Waals surface area contributed by atoms with E-state index >= 15 is 0 Å². The molecule has 0 unspecified atom stereocenters.